The Morgan fingerprint density at radius 2 is 1.43 bits per heavy atom. The summed E-state index contributed by atoms with van der Waals surface area (Å²) in [6.07, 6.45) is 0.447. The van der Waals surface area contributed by atoms with Crippen molar-refractivity contribution >= 4 is 0 Å². The highest BCUT2D eigenvalue weighted by Gasteiger charge is 2.44. The van der Waals surface area contributed by atoms with Crippen molar-refractivity contribution in [3.8, 4) is 0 Å². The Hall–Kier alpha value is -1.24. The van der Waals surface area contributed by atoms with E-state index >= 15 is 0 Å². The first-order chi connectivity index (χ1) is 16.7. The molecule has 3 N–H and O–H groups in total. The first kappa shape index (κ1) is 26.8. The minimum Gasteiger partial charge on any atom is -0.501 e. The number of aliphatic hydroxyl groups excluding tert-OH is 3. The average Bonchev–Trinajstić information content (AvgIpc) is 2.82. The molecular weight excluding hydrogens is 460 g/mol. The highest BCUT2D eigenvalue weighted by molar-refractivity contribution is 5.14. The lowest BCUT2D eigenvalue weighted by Gasteiger charge is -2.44. The molecule has 1 aliphatic carbocycles. The molecule has 11 atom stereocenters. The van der Waals surface area contributed by atoms with Gasteiger partial charge in [0.05, 0.1) is 55.3 Å². The van der Waals surface area contributed by atoms with Crippen molar-refractivity contribution in [2.45, 2.75) is 127 Å². The van der Waals surface area contributed by atoms with E-state index in [0.717, 1.165) is 11.5 Å². The van der Waals surface area contributed by atoms with Gasteiger partial charge in [0.1, 0.15) is 12.2 Å². The summed E-state index contributed by atoms with van der Waals surface area (Å²) >= 11 is 0. The SMILES string of the molecule is COC1=CCC(O[C@H]2C[C@@H](O)[C@H](O[C@H]3C[C@@H](O[C@H]4CC[C@H](O)[C@H](C)O4)[C@H](O)[C@@H](C)O3)[C@@H](C)O2)=CC1. The van der Waals surface area contributed by atoms with Gasteiger partial charge in [-0.1, -0.05) is 0 Å². The van der Waals surface area contributed by atoms with E-state index in [1.54, 1.807) is 21.0 Å². The quantitative estimate of drug-likeness (QED) is 0.477. The van der Waals surface area contributed by atoms with Crippen LogP contribution in [0.25, 0.3) is 0 Å². The molecule has 200 valence electrons. The lowest BCUT2D eigenvalue weighted by atomic mass is 10.00. The Morgan fingerprint density at radius 3 is 2.09 bits per heavy atom. The lowest BCUT2D eigenvalue weighted by Crippen LogP contribution is -2.55. The van der Waals surface area contributed by atoms with Gasteiger partial charge in [-0.2, -0.15) is 0 Å². The second kappa shape index (κ2) is 11.9. The molecule has 3 heterocycles. The summed E-state index contributed by atoms with van der Waals surface area (Å²) in [7, 11) is 1.65. The van der Waals surface area contributed by atoms with Gasteiger partial charge in [0.2, 0.25) is 6.29 Å². The van der Waals surface area contributed by atoms with Gasteiger partial charge >= 0.3 is 0 Å². The third kappa shape index (κ3) is 6.75. The molecule has 0 radical (unpaired) electrons. The zero-order valence-electron chi connectivity index (χ0n) is 20.9. The highest BCUT2D eigenvalue weighted by Crippen LogP contribution is 2.32. The molecule has 0 amide bonds. The molecule has 0 saturated carbocycles. The smallest absolute Gasteiger partial charge is 0.202 e. The van der Waals surface area contributed by atoms with Crippen LogP contribution in [0.3, 0.4) is 0 Å². The van der Waals surface area contributed by atoms with Crippen LogP contribution in [0, 0.1) is 0 Å². The fourth-order valence-electron chi connectivity index (χ4n) is 4.96. The Labute approximate surface area is 206 Å². The summed E-state index contributed by atoms with van der Waals surface area (Å²) in [4.78, 5) is 0. The van der Waals surface area contributed by atoms with Gasteiger partial charge in [0, 0.05) is 32.1 Å². The molecule has 10 heteroatoms. The number of allylic oxidation sites excluding steroid dienone is 2. The number of hydrogen-bond donors (Lipinski definition) is 3. The molecular formula is C25H40O10. The van der Waals surface area contributed by atoms with E-state index < -0.39 is 61.6 Å². The topological polar surface area (TPSA) is 125 Å². The molecule has 4 rings (SSSR count). The van der Waals surface area contributed by atoms with Crippen LogP contribution in [0.5, 0.6) is 0 Å². The molecule has 0 bridgehead atoms. The van der Waals surface area contributed by atoms with E-state index in [4.69, 9.17) is 33.2 Å². The first-order valence-electron chi connectivity index (χ1n) is 12.6. The summed E-state index contributed by atoms with van der Waals surface area (Å²) in [5.74, 6) is 1.69. The number of ether oxygens (including phenoxy) is 7. The Morgan fingerprint density at radius 1 is 0.743 bits per heavy atom. The van der Waals surface area contributed by atoms with E-state index in [2.05, 4.69) is 0 Å². The number of hydrogen-bond acceptors (Lipinski definition) is 10. The molecule has 3 fully saturated rings. The van der Waals surface area contributed by atoms with Crippen LogP contribution in [0.1, 0.15) is 59.3 Å². The number of rotatable bonds is 7. The summed E-state index contributed by atoms with van der Waals surface area (Å²) in [6, 6.07) is 0. The molecule has 0 aromatic carbocycles. The number of aliphatic hydroxyl groups is 3. The Bertz CT molecular complexity index is 745. The molecule has 0 unspecified atom stereocenters. The molecule has 0 spiro atoms. The van der Waals surface area contributed by atoms with E-state index in [1.165, 1.54) is 0 Å². The van der Waals surface area contributed by atoms with Crippen molar-refractivity contribution in [2.24, 2.45) is 0 Å². The molecule has 4 aliphatic rings. The van der Waals surface area contributed by atoms with Crippen molar-refractivity contribution in [1.29, 1.82) is 0 Å². The van der Waals surface area contributed by atoms with Gasteiger partial charge in [-0.3, -0.25) is 0 Å². The zero-order valence-corrected chi connectivity index (χ0v) is 20.9. The minimum atomic E-state index is -0.847. The Balaban J connectivity index is 1.29. The van der Waals surface area contributed by atoms with Gasteiger partial charge in [0.15, 0.2) is 12.6 Å². The van der Waals surface area contributed by atoms with Crippen LogP contribution in [-0.2, 0) is 33.2 Å². The van der Waals surface area contributed by atoms with Crippen molar-refractivity contribution in [3.05, 3.63) is 23.7 Å². The van der Waals surface area contributed by atoms with Crippen LogP contribution in [0.15, 0.2) is 23.7 Å². The van der Waals surface area contributed by atoms with E-state index in [9.17, 15) is 15.3 Å². The summed E-state index contributed by atoms with van der Waals surface area (Å²) in [5, 5.41) is 31.3. The molecule has 0 aromatic heterocycles. The second-order valence-electron chi connectivity index (χ2n) is 9.83. The van der Waals surface area contributed by atoms with Crippen LogP contribution < -0.4 is 0 Å². The van der Waals surface area contributed by atoms with Gasteiger partial charge < -0.3 is 48.5 Å². The third-order valence-corrected chi connectivity index (χ3v) is 7.14. The van der Waals surface area contributed by atoms with E-state index in [0.29, 0.717) is 25.7 Å². The van der Waals surface area contributed by atoms with Crippen LogP contribution >= 0.6 is 0 Å². The van der Waals surface area contributed by atoms with Crippen molar-refractivity contribution in [3.63, 3.8) is 0 Å². The summed E-state index contributed by atoms with van der Waals surface area (Å²) in [5.41, 5.74) is 0. The maximum atomic E-state index is 10.8. The van der Waals surface area contributed by atoms with E-state index in [1.807, 2.05) is 19.1 Å². The van der Waals surface area contributed by atoms with Gasteiger partial charge in [-0.25, -0.2) is 0 Å². The fourth-order valence-corrected chi connectivity index (χ4v) is 4.96. The van der Waals surface area contributed by atoms with Gasteiger partial charge in [0.25, 0.3) is 0 Å². The van der Waals surface area contributed by atoms with Gasteiger partial charge in [-0.05, 0) is 39.3 Å². The first-order valence-corrected chi connectivity index (χ1v) is 12.6. The van der Waals surface area contributed by atoms with Crippen LogP contribution in [0.2, 0.25) is 0 Å². The normalized spacial score (nSPS) is 44.8. The predicted molar refractivity (Wildman–Crippen MR) is 123 cm³/mol. The third-order valence-electron chi connectivity index (χ3n) is 7.14. The molecule has 3 aliphatic heterocycles. The maximum absolute atomic E-state index is 10.8. The van der Waals surface area contributed by atoms with Crippen LogP contribution in [-0.4, -0.2) is 90.1 Å². The molecule has 10 nitrogen and oxygen atoms in total. The zero-order chi connectivity index (χ0) is 25.1. The van der Waals surface area contributed by atoms with Crippen molar-refractivity contribution in [2.75, 3.05) is 7.11 Å². The van der Waals surface area contributed by atoms with Crippen molar-refractivity contribution in [1.82, 2.24) is 0 Å². The second-order valence-corrected chi connectivity index (χ2v) is 9.83. The standard InChI is InChI=1S/C25H40O10/c1-13-18(26)9-10-21(30-13)34-20-12-23(31-14(2)24(20)28)35-25-15(3)32-22(11-19(25)27)33-17-7-5-16(29-4)6-8-17/h5,8,13-15,18-28H,6-7,9-12H2,1-4H3/t13-,14+,15+,18-,19+,20+,21-,22-,23-,24+,25+/m0/s1. The summed E-state index contributed by atoms with van der Waals surface area (Å²) in [6.45, 7) is 5.39. The monoisotopic (exact) mass is 500 g/mol. The largest absolute Gasteiger partial charge is 0.501 e. The minimum absolute atomic E-state index is 0.258. The molecule has 0 aromatic rings. The van der Waals surface area contributed by atoms with E-state index in [-0.39, 0.29) is 18.9 Å². The maximum Gasteiger partial charge on any atom is 0.202 e. The van der Waals surface area contributed by atoms with Gasteiger partial charge in [-0.15, -0.1) is 0 Å². The predicted octanol–water partition coefficient (Wildman–Crippen LogP) is 1.86. The summed E-state index contributed by atoms with van der Waals surface area (Å²) < 4.78 is 41.0. The Kier molecular flexibility index (Phi) is 9.09. The molecule has 35 heavy (non-hydrogen) atoms. The van der Waals surface area contributed by atoms with Crippen LogP contribution in [0.4, 0.5) is 0 Å². The molecule has 3 saturated heterocycles. The number of methoxy groups -OCH3 is 1. The van der Waals surface area contributed by atoms with Crippen molar-refractivity contribution < 1.29 is 48.5 Å². The lowest BCUT2D eigenvalue weighted by molar-refractivity contribution is -0.325. The fraction of sp³-hybridized carbons (Fsp3) is 0.840. The highest BCUT2D eigenvalue weighted by atomic mass is 16.7. The average molecular weight is 501 g/mol.